The second-order valence-electron chi connectivity index (χ2n) is 6.26. The molecule has 1 aromatic heterocycles. The Hall–Kier alpha value is -3.71. The van der Waals surface area contributed by atoms with Crippen LogP contribution in [0.15, 0.2) is 76.2 Å². The van der Waals surface area contributed by atoms with E-state index in [1.165, 1.54) is 13.3 Å². The Morgan fingerprint density at radius 1 is 1.07 bits per heavy atom. The van der Waals surface area contributed by atoms with Crippen LogP contribution in [0.4, 0.5) is 0 Å². The normalized spacial score (nSPS) is 11.9. The van der Waals surface area contributed by atoms with Gasteiger partial charge in [-0.1, -0.05) is 42.5 Å². The van der Waals surface area contributed by atoms with Gasteiger partial charge < -0.3 is 13.9 Å². The van der Waals surface area contributed by atoms with E-state index < -0.39 is 6.10 Å². The van der Waals surface area contributed by atoms with Gasteiger partial charge in [-0.05, 0) is 36.8 Å². The van der Waals surface area contributed by atoms with Crippen LogP contribution in [0, 0.1) is 0 Å². The molecule has 0 bridgehead atoms. The lowest BCUT2D eigenvalue weighted by Crippen LogP contribution is -2.26. The Kier molecular flexibility index (Phi) is 7.13. The van der Waals surface area contributed by atoms with Gasteiger partial charge in [-0.25, -0.2) is 10.2 Å². The first-order valence-corrected chi connectivity index (χ1v) is 9.40. The van der Waals surface area contributed by atoms with Crippen LogP contribution in [-0.4, -0.2) is 31.8 Å². The van der Waals surface area contributed by atoms with Crippen LogP contribution in [0.1, 0.15) is 34.7 Å². The number of hydrogen-bond acceptors (Lipinski definition) is 6. The molecule has 1 N–H and O–H groups in total. The van der Waals surface area contributed by atoms with Gasteiger partial charge in [0.2, 0.25) is 0 Å². The number of ether oxygens (including phenoxy) is 2. The van der Waals surface area contributed by atoms with Crippen molar-refractivity contribution in [1.29, 1.82) is 0 Å². The van der Waals surface area contributed by atoms with E-state index in [4.69, 9.17) is 13.9 Å². The number of nitrogens with one attached hydrogen (secondary N) is 1. The van der Waals surface area contributed by atoms with Crippen LogP contribution >= 0.6 is 0 Å². The number of nitrogens with zero attached hydrogens (tertiary/aromatic N) is 1. The number of rotatable bonds is 8. The quantitative estimate of drug-likeness (QED) is 0.347. The van der Waals surface area contributed by atoms with Crippen LogP contribution in [0.3, 0.4) is 0 Å². The summed E-state index contributed by atoms with van der Waals surface area (Å²) >= 11 is 0. The number of hydrogen-bond donors (Lipinski definition) is 1. The molecule has 3 aromatic rings. The fraction of sp³-hybridized carbons (Fsp3) is 0.174. The molecule has 0 saturated carbocycles. The van der Waals surface area contributed by atoms with Crippen LogP contribution in [0.25, 0.3) is 11.3 Å². The first kappa shape index (κ1) is 21.0. The number of hydrazone groups is 1. The molecule has 7 heteroatoms. The monoisotopic (exact) mass is 406 g/mol. The largest absolute Gasteiger partial charge is 0.462 e. The predicted molar refractivity (Wildman–Crippen MR) is 112 cm³/mol. The van der Waals surface area contributed by atoms with E-state index in [-0.39, 0.29) is 11.9 Å². The number of carbonyl (C=O) groups excluding carboxylic acids is 2. The third-order valence-corrected chi connectivity index (χ3v) is 4.25. The highest BCUT2D eigenvalue weighted by Gasteiger charge is 2.19. The number of esters is 1. The van der Waals surface area contributed by atoms with Crippen molar-refractivity contribution < 1.29 is 23.5 Å². The molecule has 30 heavy (non-hydrogen) atoms. The molecule has 0 aliphatic rings. The fourth-order valence-electron chi connectivity index (χ4n) is 2.80. The standard InChI is InChI=1S/C23H22N2O5/c1-3-29-23(27)18-11-9-16(10-12-18)20-14-13-19(30-20)15-24-25-22(26)21(28-2)17-7-5-4-6-8-17/h4-15,21H,3H2,1-2H3,(H,25,26). The van der Waals surface area contributed by atoms with Gasteiger partial charge in [-0.2, -0.15) is 5.10 Å². The molecular formula is C23H22N2O5. The third kappa shape index (κ3) is 5.21. The maximum absolute atomic E-state index is 12.3. The van der Waals surface area contributed by atoms with Crippen molar-refractivity contribution in [1.82, 2.24) is 5.43 Å². The summed E-state index contributed by atoms with van der Waals surface area (Å²) in [6.45, 7) is 2.09. The molecule has 1 heterocycles. The zero-order valence-electron chi connectivity index (χ0n) is 16.7. The average Bonchev–Trinajstić information content (AvgIpc) is 3.24. The number of methoxy groups -OCH3 is 1. The SMILES string of the molecule is CCOC(=O)c1ccc(-c2ccc(C=NNC(=O)C(OC)c3ccccc3)o2)cc1. The summed E-state index contributed by atoms with van der Waals surface area (Å²) in [5.74, 6) is 0.323. The van der Waals surface area contributed by atoms with Gasteiger partial charge in [0.25, 0.3) is 5.91 Å². The summed E-state index contributed by atoms with van der Waals surface area (Å²) in [6, 6.07) is 19.6. The lowest BCUT2D eigenvalue weighted by molar-refractivity contribution is -0.131. The minimum Gasteiger partial charge on any atom is -0.462 e. The highest BCUT2D eigenvalue weighted by molar-refractivity contribution is 5.90. The molecule has 0 aliphatic carbocycles. The summed E-state index contributed by atoms with van der Waals surface area (Å²) in [5, 5.41) is 3.94. The molecular weight excluding hydrogens is 384 g/mol. The number of amides is 1. The van der Waals surface area contributed by atoms with Crippen LogP contribution in [0.5, 0.6) is 0 Å². The lowest BCUT2D eigenvalue weighted by Gasteiger charge is -2.13. The second-order valence-corrected chi connectivity index (χ2v) is 6.26. The highest BCUT2D eigenvalue weighted by atomic mass is 16.5. The van der Waals surface area contributed by atoms with Crippen LogP contribution in [0.2, 0.25) is 0 Å². The van der Waals surface area contributed by atoms with Gasteiger partial charge in [0.1, 0.15) is 11.5 Å². The van der Waals surface area contributed by atoms with Crippen molar-refractivity contribution in [3.8, 4) is 11.3 Å². The van der Waals surface area contributed by atoms with Gasteiger partial charge in [-0.15, -0.1) is 0 Å². The highest BCUT2D eigenvalue weighted by Crippen LogP contribution is 2.22. The molecule has 1 unspecified atom stereocenters. The van der Waals surface area contributed by atoms with E-state index in [2.05, 4.69) is 10.5 Å². The Bertz CT molecular complexity index is 1010. The Balaban J connectivity index is 1.61. The fourth-order valence-corrected chi connectivity index (χ4v) is 2.80. The predicted octanol–water partition coefficient (Wildman–Crippen LogP) is 3.96. The number of furan rings is 1. The molecule has 0 fully saturated rings. The first-order valence-electron chi connectivity index (χ1n) is 9.40. The van der Waals surface area contributed by atoms with Crippen molar-refractivity contribution in [2.75, 3.05) is 13.7 Å². The van der Waals surface area contributed by atoms with Gasteiger partial charge in [0, 0.05) is 12.7 Å². The molecule has 0 saturated heterocycles. The molecule has 1 atom stereocenters. The average molecular weight is 406 g/mol. The number of carbonyl (C=O) groups is 2. The Morgan fingerprint density at radius 3 is 2.47 bits per heavy atom. The molecule has 3 rings (SSSR count). The van der Waals surface area contributed by atoms with E-state index in [9.17, 15) is 9.59 Å². The zero-order chi connectivity index (χ0) is 21.3. The van der Waals surface area contributed by atoms with E-state index >= 15 is 0 Å². The Morgan fingerprint density at radius 2 is 1.80 bits per heavy atom. The molecule has 0 spiro atoms. The maximum atomic E-state index is 12.3. The summed E-state index contributed by atoms with van der Waals surface area (Å²) in [7, 11) is 1.47. The van der Waals surface area contributed by atoms with Crippen molar-refractivity contribution in [2.45, 2.75) is 13.0 Å². The first-order chi connectivity index (χ1) is 14.6. The zero-order valence-corrected chi connectivity index (χ0v) is 16.7. The van der Waals surface area contributed by atoms with Crippen molar-refractivity contribution in [3.63, 3.8) is 0 Å². The van der Waals surface area contributed by atoms with Gasteiger partial charge >= 0.3 is 5.97 Å². The molecule has 1 amide bonds. The van der Waals surface area contributed by atoms with E-state index in [1.54, 1.807) is 43.3 Å². The summed E-state index contributed by atoms with van der Waals surface area (Å²) in [6.07, 6.45) is 0.653. The summed E-state index contributed by atoms with van der Waals surface area (Å²) in [4.78, 5) is 24.0. The third-order valence-electron chi connectivity index (χ3n) is 4.25. The molecule has 0 radical (unpaired) electrons. The van der Waals surface area contributed by atoms with Crippen molar-refractivity contribution in [3.05, 3.63) is 83.6 Å². The molecule has 7 nitrogen and oxygen atoms in total. The minimum absolute atomic E-state index is 0.328. The second kappa shape index (κ2) is 10.2. The van der Waals surface area contributed by atoms with Crippen molar-refractivity contribution >= 4 is 18.1 Å². The van der Waals surface area contributed by atoms with E-state index in [0.717, 1.165) is 11.1 Å². The van der Waals surface area contributed by atoms with E-state index in [0.29, 0.717) is 23.7 Å². The van der Waals surface area contributed by atoms with Gasteiger partial charge in [-0.3, -0.25) is 4.79 Å². The lowest BCUT2D eigenvalue weighted by atomic mass is 10.1. The smallest absolute Gasteiger partial charge is 0.338 e. The van der Waals surface area contributed by atoms with Crippen LogP contribution in [-0.2, 0) is 14.3 Å². The molecule has 154 valence electrons. The molecule has 0 aliphatic heterocycles. The number of benzene rings is 2. The summed E-state index contributed by atoms with van der Waals surface area (Å²) in [5.41, 5.74) is 4.47. The topological polar surface area (TPSA) is 90.1 Å². The van der Waals surface area contributed by atoms with Crippen LogP contribution < -0.4 is 5.43 Å². The van der Waals surface area contributed by atoms with Crippen molar-refractivity contribution in [2.24, 2.45) is 5.10 Å². The summed E-state index contributed by atoms with van der Waals surface area (Å²) < 4.78 is 16.0. The minimum atomic E-state index is -0.756. The van der Waals surface area contributed by atoms with Gasteiger partial charge in [0.05, 0.1) is 18.4 Å². The Labute approximate surface area is 174 Å². The van der Waals surface area contributed by atoms with E-state index in [1.807, 2.05) is 30.3 Å². The van der Waals surface area contributed by atoms with Gasteiger partial charge in [0.15, 0.2) is 6.10 Å². The maximum Gasteiger partial charge on any atom is 0.338 e. The molecule has 2 aromatic carbocycles.